The van der Waals surface area contributed by atoms with E-state index >= 15 is 0 Å². The standard InChI is InChI=1S/C23H34O2/c1-6-20-11-8-12-21(22(20)14-13-17(2)3)15-18(4)9-7-10-19(5)16-23(24)25/h7,9-10,15-17H,6,8,11-14H2,1-5H3,(H,24,25)/b10-7+,18-9-,19-16+,21-15+. The van der Waals surface area contributed by atoms with Gasteiger partial charge in [-0.15, -0.1) is 0 Å². The Kier molecular flexibility index (Phi) is 9.26. The molecule has 1 aliphatic carbocycles. The second-order valence-electron chi connectivity index (χ2n) is 7.39. The molecule has 0 unspecified atom stereocenters. The molecule has 0 fully saturated rings. The van der Waals surface area contributed by atoms with Crippen LogP contribution in [0.4, 0.5) is 0 Å². The summed E-state index contributed by atoms with van der Waals surface area (Å²) in [7, 11) is 0. The van der Waals surface area contributed by atoms with Gasteiger partial charge in [0.15, 0.2) is 0 Å². The Morgan fingerprint density at radius 2 is 1.92 bits per heavy atom. The Balaban J connectivity index is 2.95. The van der Waals surface area contributed by atoms with Gasteiger partial charge in [-0.1, -0.05) is 56.2 Å². The van der Waals surface area contributed by atoms with Gasteiger partial charge in [-0.3, -0.25) is 0 Å². The van der Waals surface area contributed by atoms with Crippen molar-refractivity contribution in [1.29, 1.82) is 0 Å². The number of carbonyl (C=O) groups is 1. The quantitative estimate of drug-likeness (QED) is 0.390. The third-order valence-corrected chi connectivity index (χ3v) is 4.61. The van der Waals surface area contributed by atoms with Crippen molar-refractivity contribution in [2.75, 3.05) is 0 Å². The zero-order valence-corrected chi connectivity index (χ0v) is 16.6. The van der Waals surface area contributed by atoms with Crippen LogP contribution in [-0.4, -0.2) is 11.1 Å². The highest BCUT2D eigenvalue weighted by molar-refractivity contribution is 5.81. The van der Waals surface area contributed by atoms with E-state index in [4.69, 9.17) is 5.11 Å². The van der Waals surface area contributed by atoms with Gasteiger partial charge in [-0.2, -0.15) is 0 Å². The van der Waals surface area contributed by atoms with Crippen LogP contribution >= 0.6 is 0 Å². The molecular formula is C23H34O2. The summed E-state index contributed by atoms with van der Waals surface area (Å²) in [4.78, 5) is 10.6. The van der Waals surface area contributed by atoms with Crippen molar-refractivity contribution in [3.8, 4) is 0 Å². The fourth-order valence-electron chi connectivity index (χ4n) is 3.26. The molecule has 0 aromatic heterocycles. The summed E-state index contributed by atoms with van der Waals surface area (Å²) in [6, 6.07) is 0. The molecule has 0 aromatic carbocycles. The highest BCUT2D eigenvalue weighted by atomic mass is 16.4. The smallest absolute Gasteiger partial charge is 0.328 e. The summed E-state index contributed by atoms with van der Waals surface area (Å²) >= 11 is 0. The van der Waals surface area contributed by atoms with Crippen molar-refractivity contribution in [3.05, 3.63) is 58.2 Å². The fraction of sp³-hybridized carbons (Fsp3) is 0.522. The van der Waals surface area contributed by atoms with Gasteiger partial charge in [0.25, 0.3) is 0 Å². The maximum absolute atomic E-state index is 10.6. The monoisotopic (exact) mass is 342 g/mol. The van der Waals surface area contributed by atoms with E-state index in [0.717, 1.165) is 17.9 Å². The van der Waals surface area contributed by atoms with Crippen molar-refractivity contribution in [3.63, 3.8) is 0 Å². The molecule has 0 heterocycles. The van der Waals surface area contributed by atoms with Crippen LogP contribution in [0.1, 0.15) is 73.1 Å². The molecule has 0 saturated heterocycles. The summed E-state index contributed by atoms with van der Waals surface area (Å²) in [6.07, 6.45) is 16.7. The van der Waals surface area contributed by atoms with Crippen molar-refractivity contribution < 1.29 is 9.90 Å². The fourth-order valence-corrected chi connectivity index (χ4v) is 3.26. The first-order chi connectivity index (χ1) is 11.8. The Labute approximate surface area is 153 Å². The van der Waals surface area contributed by atoms with Gasteiger partial charge in [0, 0.05) is 6.08 Å². The van der Waals surface area contributed by atoms with E-state index in [0.29, 0.717) is 0 Å². The van der Waals surface area contributed by atoms with Gasteiger partial charge in [-0.05, 0) is 75.0 Å². The number of rotatable bonds is 8. The van der Waals surface area contributed by atoms with Crippen LogP contribution < -0.4 is 0 Å². The highest BCUT2D eigenvalue weighted by Gasteiger charge is 2.16. The maximum atomic E-state index is 10.6. The van der Waals surface area contributed by atoms with Crippen LogP contribution in [0.3, 0.4) is 0 Å². The minimum Gasteiger partial charge on any atom is -0.478 e. The molecule has 1 aliphatic rings. The molecule has 0 bridgehead atoms. The molecular weight excluding hydrogens is 308 g/mol. The van der Waals surface area contributed by atoms with E-state index in [1.165, 1.54) is 49.3 Å². The Bertz CT molecular complexity index is 610. The lowest BCUT2D eigenvalue weighted by Gasteiger charge is -2.24. The minimum atomic E-state index is -0.904. The van der Waals surface area contributed by atoms with Crippen LogP contribution in [0.15, 0.2) is 58.2 Å². The normalized spacial score (nSPS) is 18.7. The molecule has 0 amide bonds. The number of hydrogen-bond donors (Lipinski definition) is 1. The molecule has 1 rings (SSSR count). The van der Waals surface area contributed by atoms with Crippen molar-refractivity contribution in [2.45, 2.75) is 73.1 Å². The van der Waals surface area contributed by atoms with Crippen LogP contribution in [-0.2, 0) is 4.79 Å². The first-order valence-corrected chi connectivity index (χ1v) is 9.51. The van der Waals surface area contributed by atoms with Crippen LogP contribution in [0.2, 0.25) is 0 Å². The SMILES string of the molecule is CCC1=C(CCC(C)C)/C(=C/C(C)=C\C=C\C(C)=C\C(=O)O)CCC1. The summed E-state index contributed by atoms with van der Waals surface area (Å²) in [6.45, 7) is 10.8. The number of hydrogen-bond acceptors (Lipinski definition) is 1. The average Bonchev–Trinajstić information content (AvgIpc) is 2.52. The number of allylic oxidation sites excluding steroid dienone is 9. The molecule has 0 saturated carbocycles. The Morgan fingerprint density at radius 3 is 2.52 bits per heavy atom. The maximum Gasteiger partial charge on any atom is 0.328 e. The van der Waals surface area contributed by atoms with E-state index in [1.54, 1.807) is 18.1 Å². The zero-order chi connectivity index (χ0) is 18.8. The summed E-state index contributed by atoms with van der Waals surface area (Å²) in [5.74, 6) is -0.170. The van der Waals surface area contributed by atoms with E-state index in [-0.39, 0.29) is 0 Å². The summed E-state index contributed by atoms with van der Waals surface area (Å²) < 4.78 is 0. The summed E-state index contributed by atoms with van der Waals surface area (Å²) in [5.41, 5.74) is 6.70. The largest absolute Gasteiger partial charge is 0.478 e. The molecule has 25 heavy (non-hydrogen) atoms. The summed E-state index contributed by atoms with van der Waals surface area (Å²) in [5, 5.41) is 8.74. The molecule has 0 atom stereocenters. The molecule has 0 aromatic rings. The van der Waals surface area contributed by atoms with Crippen molar-refractivity contribution in [1.82, 2.24) is 0 Å². The van der Waals surface area contributed by atoms with Gasteiger partial charge >= 0.3 is 5.97 Å². The lowest BCUT2D eigenvalue weighted by atomic mass is 9.82. The zero-order valence-electron chi connectivity index (χ0n) is 16.6. The van der Waals surface area contributed by atoms with E-state index in [2.05, 4.69) is 39.8 Å². The third-order valence-electron chi connectivity index (χ3n) is 4.61. The topological polar surface area (TPSA) is 37.3 Å². The first-order valence-electron chi connectivity index (χ1n) is 9.51. The van der Waals surface area contributed by atoms with E-state index in [1.807, 2.05) is 12.2 Å². The molecule has 2 heteroatoms. The van der Waals surface area contributed by atoms with Crippen LogP contribution in [0, 0.1) is 5.92 Å². The predicted octanol–water partition coefficient (Wildman–Crippen LogP) is 6.77. The molecule has 0 spiro atoms. The molecule has 0 radical (unpaired) electrons. The van der Waals surface area contributed by atoms with Crippen molar-refractivity contribution >= 4 is 5.97 Å². The van der Waals surface area contributed by atoms with Gasteiger partial charge in [0.1, 0.15) is 0 Å². The second-order valence-corrected chi connectivity index (χ2v) is 7.39. The van der Waals surface area contributed by atoms with Crippen molar-refractivity contribution in [2.24, 2.45) is 5.92 Å². The first kappa shape index (κ1) is 21.2. The van der Waals surface area contributed by atoms with Gasteiger partial charge in [-0.25, -0.2) is 4.79 Å². The highest BCUT2D eigenvalue weighted by Crippen LogP contribution is 2.35. The van der Waals surface area contributed by atoms with Gasteiger partial charge in [0.2, 0.25) is 0 Å². The Morgan fingerprint density at radius 1 is 1.20 bits per heavy atom. The molecule has 138 valence electrons. The number of carboxylic acids is 1. The van der Waals surface area contributed by atoms with Gasteiger partial charge < -0.3 is 5.11 Å². The predicted molar refractivity (Wildman–Crippen MR) is 108 cm³/mol. The molecule has 0 aliphatic heterocycles. The lowest BCUT2D eigenvalue weighted by molar-refractivity contribution is -0.131. The van der Waals surface area contributed by atoms with Crippen LogP contribution in [0.25, 0.3) is 0 Å². The second kappa shape index (κ2) is 10.9. The van der Waals surface area contributed by atoms with Crippen LogP contribution in [0.5, 0.6) is 0 Å². The Hall–Kier alpha value is -1.83. The number of carboxylic acid groups (broad SMARTS) is 1. The average molecular weight is 343 g/mol. The number of aliphatic carboxylic acids is 1. The molecule has 1 N–H and O–H groups in total. The minimum absolute atomic E-state index is 0.734. The third kappa shape index (κ3) is 8.20. The van der Waals surface area contributed by atoms with E-state index in [9.17, 15) is 4.79 Å². The van der Waals surface area contributed by atoms with E-state index < -0.39 is 5.97 Å². The lowest BCUT2D eigenvalue weighted by Crippen LogP contribution is -2.05. The molecule has 2 nitrogen and oxygen atoms in total. The van der Waals surface area contributed by atoms with Gasteiger partial charge in [0.05, 0.1) is 0 Å².